The summed E-state index contributed by atoms with van der Waals surface area (Å²) >= 11 is 0. The van der Waals surface area contributed by atoms with Gasteiger partial charge in [-0.15, -0.1) is 0 Å². The fourth-order valence-electron chi connectivity index (χ4n) is 7.77. The number of fused-ring (bicyclic) bond motifs is 7. The van der Waals surface area contributed by atoms with Crippen LogP contribution in [0, 0.1) is 0 Å². The van der Waals surface area contributed by atoms with Gasteiger partial charge in [0.2, 0.25) is 0 Å². The average molecular weight is 547 g/mol. The van der Waals surface area contributed by atoms with E-state index in [0.717, 1.165) is 0 Å². The molecule has 0 heterocycles. The maximum absolute atomic E-state index is 2.49. The Morgan fingerprint density at radius 2 is 0.930 bits per heavy atom. The maximum Gasteiger partial charge on any atom is 0.0159 e. The van der Waals surface area contributed by atoms with Gasteiger partial charge in [-0.1, -0.05) is 141 Å². The largest absolute Gasteiger partial charge is 0.0619 e. The van der Waals surface area contributed by atoms with Crippen LogP contribution in [0.15, 0.2) is 146 Å². The van der Waals surface area contributed by atoms with E-state index in [-0.39, 0.29) is 5.41 Å². The van der Waals surface area contributed by atoms with E-state index in [1.807, 2.05) is 0 Å². The Bertz CT molecular complexity index is 2360. The number of rotatable bonds is 2. The normalized spacial score (nSPS) is 13.5. The van der Waals surface area contributed by atoms with Gasteiger partial charge in [-0.2, -0.15) is 0 Å². The Labute approximate surface area is 251 Å². The summed E-state index contributed by atoms with van der Waals surface area (Å²) in [5.74, 6) is 0. The molecule has 0 spiro atoms. The Kier molecular flexibility index (Phi) is 5.05. The van der Waals surface area contributed by atoms with Gasteiger partial charge in [0.25, 0.3) is 0 Å². The highest BCUT2D eigenvalue weighted by molar-refractivity contribution is 6.24. The second-order valence-electron chi connectivity index (χ2n) is 12.5. The summed E-state index contributed by atoms with van der Waals surface area (Å²) in [7, 11) is 0. The van der Waals surface area contributed by atoms with Crippen molar-refractivity contribution < 1.29 is 0 Å². The molecule has 0 nitrogen and oxygen atoms in total. The van der Waals surface area contributed by atoms with Crippen LogP contribution in [-0.2, 0) is 5.41 Å². The molecule has 0 radical (unpaired) electrons. The molecule has 9 rings (SSSR count). The van der Waals surface area contributed by atoms with Crippen molar-refractivity contribution >= 4 is 43.1 Å². The summed E-state index contributed by atoms with van der Waals surface area (Å²) in [5.41, 5.74) is 10.7. The lowest BCUT2D eigenvalue weighted by Crippen LogP contribution is -2.14. The van der Waals surface area contributed by atoms with E-state index in [1.165, 1.54) is 87.6 Å². The molecule has 0 unspecified atom stereocenters. The zero-order valence-corrected chi connectivity index (χ0v) is 24.4. The first-order valence-electron chi connectivity index (χ1n) is 15.2. The molecule has 0 amide bonds. The van der Waals surface area contributed by atoms with Crippen LogP contribution in [0.3, 0.4) is 0 Å². The summed E-state index contributed by atoms with van der Waals surface area (Å²) in [4.78, 5) is 0. The van der Waals surface area contributed by atoms with Gasteiger partial charge in [0.05, 0.1) is 0 Å². The standard InChI is InChI=1S/C43H30/c1-43(2)39-21-10-9-15-31(39)38-25-29-14-11-20-36(37(29)26-40(38)43)42-34-18-7-5-16-32(34)41(33-17-6-8-19-35(33)42)30-23-22-27-12-3-4-13-28(27)24-30/h3-26H,1-2H3. The molecule has 43 heavy (non-hydrogen) atoms. The molecule has 0 fully saturated rings. The smallest absolute Gasteiger partial charge is 0.0159 e. The molecule has 1 aliphatic rings. The van der Waals surface area contributed by atoms with Crippen LogP contribution in [0.5, 0.6) is 0 Å². The van der Waals surface area contributed by atoms with Crippen LogP contribution in [0.4, 0.5) is 0 Å². The molecule has 0 N–H and O–H groups in total. The van der Waals surface area contributed by atoms with Crippen LogP contribution in [0.25, 0.3) is 76.5 Å². The summed E-state index contributed by atoms with van der Waals surface area (Å²) in [6.07, 6.45) is 0. The summed E-state index contributed by atoms with van der Waals surface area (Å²) in [5, 5.41) is 10.3. The summed E-state index contributed by atoms with van der Waals surface area (Å²) in [6, 6.07) is 54.2. The van der Waals surface area contributed by atoms with Crippen molar-refractivity contribution in [3.63, 3.8) is 0 Å². The van der Waals surface area contributed by atoms with Crippen LogP contribution >= 0.6 is 0 Å². The lowest BCUT2D eigenvalue weighted by atomic mass is 9.80. The minimum atomic E-state index is -0.0443. The van der Waals surface area contributed by atoms with Crippen LogP contribution < -0.4 is 0 Å². The summed E-state index contributed by atoms with van der Waals surface area (Å²) in [6.45, 7) is 4.74. The quantitative estimate of drug-likeness (QED) is 0.189. The number of hydrogen-bond donors (Lipinski definition) is 0. The fraction of sp³-hybridized carbons (Fsp3) is 0.0698. The monoisotopic (exact) mass is 546 g/mol. The summed E-state index contributed by atoms with van der Waals surface area (Å²) < 4.78 is 0. The molecule has 0 saturated carbocycles. The second kappa shape index (κ2) is 8.90. The maximum atomic E-state index is 2.49. The van der Waals surface area contributed by atoms with E-state index in [4.69, 9.17) is 0 Å². The van der Waals surface area contributed by atoms with Crippen molar-refractivity contribution in [2.75, 3.05) is 0 Å². The highest BCUT2D eigenvalue weighted by Gasteiger charge is 2.35. The highest BCUT2D eigenvalue weighted by Crippen LogP contribution is 2.51. The van der Waals surface area contributed by atoms with Gasteiger partial charge >= 0.3 is 0 Å². The van der Waals surface area contributed by atoms with Gasteiger partial charge < -0.3 is 0 Å². The minimum Gasteiger partial charge on any atom is -0.0619 e. The van der Waals surface area contributed by atoms with Crippen LogP contribution in [-0.4, -0.2) is 0 Å². The van der Waals surface area contributed by atoms with E-state index in [0.29, 0.717) is 0 Å². The zero-order chi connectivity index (χ0) is 28.7. The zero-order valence-electron chi connectivity index (χ0n) is 24.4. The Morgan fingerprint density at radius 1 is 0.349 bits per heavy atom. The van der Waals surface area contributed by atoms with E-state index < -0.39 is 0 Å². The topological polar surface area (TPSA) is 0 Å². The third-order valence-electron chi connectivity index (χ3n) is 9.82. The highest BCUT2D eigenvalue weighted by atomic mass is 14.4. The molecule has 0 heteroatoms. The van der Waals surface area contributed by atoms with Gasteiger partial charge in [0, 0.05) is 5.41 Å². The van der Waals surface area contributed by atoms with E-state index in [2.05, 4.69) is 159 Å². The first-order valence-corrected chi connectivity index (χ1v) is 15.2. The molecule has 0 aromatic heterocycles. The fourth-order valence-corrected chi connectivity index (χ4v) is 7.77. The minimum absolute atomic E-state index is 0.0443. The molecule has 0 aliphatic heterocycles. The third kappa shape index (κ3) is 3.44. The van der Waals surface area contributed by atoms with Gasteiger partial charge in [-0.05, 0) is 106 Å². The molecule has 202 valence electrons. The predicted octanol–water partition coefficient (Wildman–Crippen LogP) is 11.9. The first kappa shape index (κ1) is 24.4. The van der Waals surface area contributed by atoms with Crippen molar-refractivity contribution in [2.45, 2.75) is 19.3 Å². The molecule has 1 aliphatic carbocycles. The Hall–Kier alpha value is -5.20. The number of hydrogen-bond acceptors (Lipinski definition) is 0. The Balaban J connectivity index is 1.38. The first-order chi connectivity index (χ1) is 21.1. The van der Waals surface area contributed by atoms with Crippen LogP contribution in [0.1, 0.15) is 25.0 Å². The lowest BCUT2D eigenvalue weighted by Gasteiger charge is -2.23. The predicted molar refractivity (Wildman–Crippen MR) is 185 cm³/mol. The molecule has 8 aromatic carbocycles. The molecule has 0 atom stereocenters. The second-order valence-corrected chi connectivity index (χ2v) is 12.5. The molecule has 0 bridgehead atoms. The van der Waals surface area contributed by atoms with E-state index >= 15 is 0 Å². The average Bonchev–Trinajstić information content (AvgIpc) is 3.27. The van der Waals surface area contributed by atoms with Gasteiger partial charge in [-0.3, -0.25) is 0 Å². The molecule has 0 saturated heterocycles. The number of benzene rings is 8. The molecule has 8 aromatic rings. The van der Waals surface area contributed by atoms with E-state index in [1.54, 1.807) is 0 Å². The van der Waals surface area contributed by atoms with Crippen molar-refractivity contribution in [1.82, 2.24) is 0 Å². The van der Waals surface area contributed by atoms with E-state index in [9.17, 15) is 0 Å². The van der Waals surface area contributed by atoms with Crippen molar-refractivity contribution in [1.29, 1.82) is 0 Å². The SMILES string of the molecule is CC1(C)c2ccccc2-c2cc3cccc(-c4c5ccccc5c(-c5ccc6ccccc6c5)c5ccccc45)c3cc21. The Morgan fingerprint density at radius 3 is 1.67 bits per heavy atom. The van der Waals surface area contributed by atoms with Gasteiger partial charge in [-0.25, -0.2) is 0 Å². The van der Waals surface area contributed by atoms with Gasteiger partial charge in [0.15, 0.2) is 0 Å². The molecular weight excluding hydrogens is 516 g/mol. The van der Waals surface area contributed by atoms with Crippen molar-refractivity contribution in [2.24, 2.45) is 0 Å². The van der Waals surface area contributed by atoms with Gasteiger partial charge in [0.1, 0.15) is 0 Å². The van der Waals surface area contributed by atoms with Crippen molar-refractivity contribution in [3.05, 3.63) is 157 Å². The van der Waals surface area contributed by atoms with Crippen LogP contribution in [0.2, 0.25) is 0 Å². The molecular formula is C43H30. The van der Waals surface area contributed by atoms with Crippen molar-refractivity contribution in [3.8, 4) is 33.4 Å². The third-order valence-corrected chi connectivity index (χ3v) is 9.82. The lowest BCUT2D eigenvalue weighted by molar-refractivity contribution is 0.661.